The number of ether oxygens (including phenoxy) is 1. The van der Waals surface area contributed by atoms with Gasteiger partial charge in [0.2, 0.25) is 0 Å². The molecule has 0 aliphatic heterocycles. The zero-order chi connectivity index (χ0) is 24.1. The van der Waals surface area contributed by atoms with Crippen LogP contribution in [-0.4, -0.2) is 5.91 Å². The quantitative estimate of drug-likeness (QED) is 0.204. The number of aryl methyl sites for hydroxylation is 2. The lowest BCUT2D eigenvalue weighted by Crippen LogP contribution is -2.13. The van der Waals surface area contributed by atoms with Crippen molar-refractivity contribution in [2.24, 2.45) is 0 Å². The Hall–Kier alpha value is -3.14. The van der Waals surface area contributed by atoms with E-state index in [0.717, 1.165) is 56.6 Å². The number of carbonyl (C=O) groups excluding carboxylic acids is 1. The number of nitrogens with one attached hydrogen (secondary N) is 1. The maximum Gasteiger partial charge on any atom is 0.266 e. The second kappa shape index (κ2) is 10.9. The van der Waals surface area contributed by atoms with Crippen LogP contribution >= 0.6 is 33.9 Å². The van der Waals surface area contributed by atoms with Gasteiger partial charge in [0, 0.05) is 4.88 Å². The van der Waals surface area contributed by atoms with Crippen molar-refractivity contribution in [3.05, 3.63) is 84.3 Å². The molecule has 2 aromatic carbocycles. The average Bonchev–Trinajstić information content (AvgIpc) is 3.18. The van der Waals surface area contributed by atoms with Gasteiger partial charge in [-0.15, -0.1) is 11.3 Å². The van der Waals surface area contributed by atoms with Crippen molar-refractivity contribution < 1.29 is 9.53 Å². The topological polar surface area (TPSA) is 85.9 Å². The summed E-state index contributed by atoms with van der Waals surface area (Å²) in [5.74, 6) is 0.234. The molecule has 0 unspecified atom stereocenters. The average molecular weight is 579 g/mol. The van der Waals surface area contributed by atoms with Gasteiger partial charge in [0.15, 0.2) is 0 Å². The van der Waals surface area contributed by atoms with Crippen LogP contribution < -0.4 is 10.1 Å². The van der Waals surface area contributed by atoms with Crippen LogP contribution in [0.2, 0.25) is 0 Å². The van der Waals surface area contributed by atoms with Crippen LogP contribution in [0.4, 0.5) is 5.00 Å². The highest BCUT2D eigenvalue weighted by atomic mass is 127. The molecule has 1 aliphatic carbocycles. The summed E-state index contributed by atoms with van der Waals surface area (Å²) < 4.78 is 6.84. The molecule has 1 heterocycles. The molecule has 0 saturated carbocycles. The minimum absolute atomic E-state index is 0.0144. The second-order valence-electron chi connectivity index (χ2n) is 8.12. The number of fused-ring (bicyclic) bond motifs is 1. The van der Waals surface area contributed by atoms with E-state index in [9.17, 15) is 15.3 Å². The first kappa shape index (κ1) is 24.0. The number of benzene rings is 2. The Bertz CT molecular complexity index is 1360. The Morgan fingerprint density at radius 3 is 2.76 bits per heavy atom. The monoisotopic (exact) mass is 579 g/mol. The predicted molar refractivity (Wildman–Crippen MR) is 143 cm³/mol. The Balaban J connectivity index is 1.48. The van der Waals surface area contributed by atoms with Crippen molar-refractivity contribution >= 4 is 50.9 Å². The number of amides is 1. The molecule has 170 valence electrons. The largest absolute Gasteiger partial charge is 0.488 e. The molecule has 1 aromatic heterocycles. The van der Waals surface area contributed by atoms with Crippen molar-refractivity contribution in [1.29, 1.82) is 10.5 Å². The summed E-state index contributed by atoms with van der Waals surface area (Å²) >= 11 is 3.64. The Labute approximate surface area is 216 Å². The van der Waals surface area contributed by atoms with Gasteiger partial charge in [-0.05, 0) is 90.1 Å². The standard InChI is InChI=1S/C27H22IN3O2S/c1-17-5-4-6-19(11-17)16-33-24-10-9-18(13-23(24)28)12-20(14-29)26(32)31-27-22(15-30)21-7-2-3-8-25(21)34-27/h4-6,9-13H,2-3,7-8,16H2,1H3,(H,31,32)/b20-12+. The number of nitriles is 2. The van der Waals surface area contributed by atoms with Gasteiger partial charge in [-0.25, -0.2) is 0 Å². The van der Waals surface area contributed by atoms with E-state index in [1.165, 1.54) is 16.9 Å². The molecule has 0 bridgehead atoms. The fourth-order valence-corrected chi connectivity index (χ4v) is 5.87. The fraction of sp³-hybridized carbons (Fsp3) is 0.222. The van der Waals surface area contributed by atoms with E-state index in [4.69, 9.17) is 4.74 Å². The summed E-state index contributed by atoms with van der Waals surface area (Å²) in [7, 11) is 0. The second-order valence-corrected chi connectivity index (χ2v) is 10.4. The predicted octanol–water partition coefficient (Wildman–Crippen LogP) is 6.54. The van der Waals surface area contributed by atoms with E-state index in [1.807, 2.05) is 49.4 Å². The third kappa shape index (κ3) is 5.49. The number of nitrogens with zero attached hydrogens (tertiary/aromatic N) is 2. The third-order valence-corrected chi connectivity index (χ3v) is 7.67. The molecule has 0 spiro atoms. The number of hydrogen-bond donors (Lipinski definition) is 1. The zero-order valence-electron chi connectivity index (χ0n) is 18.7. The van der Waals surface area contributed by atoms with E-state index < -0.39 is 5.91 Å². The molecule has 0 atom stereocenters. The Kier molecular flexibility index (Phi) is 7.66. The number of carbonyl (C=O) groups is 1. The fourth-order valence-electron chi connectivity index (χ4n) is 3.94. The van der Waals surface area contributed by atoms with Crippen molar-refractivity contribution in [2.75, 3.05) is 5.32 Å². The highest BCUT2D eigenvalue weighted by molar-refractivity contribution is 14.1. The maximum atomic E-state index is 12.8. The van der Waals surface area contributed by atoms with E-state index in [2.05, 4.69) is 40.0 Å². The van der Waals surface area contributed by atoms with Crippen molar-refractivity contribution in [2.45, 2.75) is 39.2 Å². The van der Waals surface area contributed by atoms with Crippen molar-refractivity contribution in [1.82, 2.24) is 0 Å². The summed E-state index contributed by atoms with van der Waals surface area (Å²) in [5.41, 5.74) is 4.57. The first-order chi connectivity index (χ1) is 16.5. The Morgan fingerprint density at radius 1 is 1.21 bits per heavy atom. The van der Waals surface area contributed by atoms with Crippen LogP contribution in [-0.2, 0) is 24.2 Å². The minimum Gasteiger partial charge on any atom is -0.488 e. The van der Waals surface area contributed by atoms with E-state index in [1.54, 1.807) is 6.08 Å². The number of halogens is 1. The van der Waals surface area contributed by atoms with Crippen LogP contribution in [0.1, 0.15) is 45.5 Å². The molecule has 0 radical (unpaired) electrons. The minimum atomic E-state index is -0.507. The smallest absolute Gasteiger partial charge is 0.266 e. The summed E-state index contributed by atoms with van der Waals surface area (Å²) in [6, 6.07) is 17.9. The first-order valence-electron chi connectivity index (χ1n) is 10.9. The lowest BCUT2D eigenvalue weighted by atomic mass is 9.96. The molecule has 1 N–H and O–H groups in total. The maximum absolute atomic E-state index is 12.8. The van der Waals surface area contributed by atoms with Crippen LogP contribution in [0.3, 0.4) is 0 Å². The molecule has 3 aromatic rings. The molecule has 1 aliphatic rings. The number of hydrogen-bond acceptors (Lipinski definition) is 5. The van der Waals surface area contributed by atoms with Crippen LogP contribution in [0.25, 0.3) is 6.08 Å². The first-order valence-corrected chi connectivity index (χ1v) is 12.8. The van der Waals surface area contributed by atoms with E-state index in [0.29, 0.717) is 17.2 Å². The van der Waals surface area contributed by atoms with Gasteiger partial charge in [0.05, 0.1) is 9.13 Å². The van der Waals surface area contributed by atoms with Crippen molar-refractivity contribution in [3.63, 3.8) is 0 Å². The molecule has 5 nitrogen and oxygen atoms in total. The lowest BCUT2D eigenvalue weighted by Gasteiger charge is -2.10. The molecule has 7 heteroatoms. The van der Waals surface area contributed by atoms with Crippen LogP contribution in [0.15, 0.2) is 48.0 Å². The van der Waals surface area contributed by atoms with Gasteiger partial charge in [0.1, 0.15) is 35.1 Å². The zero-order valence-corrected chi connectivity index (χ0v) is 21.6. The van der Waals surface area contributed by atoms with Gasteiger partial charge < -0.3 is 10.1 Å². The van der Waals surface area contributed by atoms with Crippen LogP contribution in [0, 0.1) is 33.2 Å². The van der Waals surface area contributed by atoms with Gasteiger partial charge in [-0.2, -0.15) is 10.5 Å². The molecule has 34 heavy (non-hydrogen) atoms. The van der Waals surface area contributed by atoms with Gasteiger partial charge in [0.25, 0.3) is 5.91 Å². The van der Waals surface area contributed by atoms with E-state index in [-0.39, 0.29) is 5.57 Å². The molecular formula is C27H22IN3O2S. The van der Waals surface area contributed by atoms with Gasteiger partial charge >= 0.3 is 0 Å². The number of anilines is 1. The SMILES string of the molecule is Cc1cccc(COc2ccc(/C=C(\C#N)C(=O)Nc3sc4c(c3C#N)CCCC4)cc2I)c1. The molecule has 0 fully saturated rings. The molecule has 0 saturated heterocycles. The highest BCUT2D eigenvalue weighted by Gasteiger charge is 2.22. The molecule has 4 rings (SSSR count). The summed E-state index contributed by atoms with van der Waals surface area (Å²) in [5, 5.41) is 22.6. The van der Waals surface area contributed by atoms with E-state index >= 15 is 0 Å². The third-order valence-electron chi connectivity index (χ3n) is 5.62. The number of rotatable bonds is 6. The normalized spacial score (nSPS) is 12.9. The summed E-state index contributed by atoms with van der Waals surface area (Å²) in [6.45, 7) is 2.51. The summed E-state index contributed by atoms with van der Waals surface area (Å²) in [4.78, 5) is 14.0. The Morgan fingerprint density at radius 2 is 2.03 bits per heavy atom. The lowest BCUT2D eigenvalue weighted by molar-refractivity contribution is -0.112. The summed E-state index contributed by atoms with van der Waals surface area (Å²) in [6.07, 6.45) is 5.50. The van der Waals surface area contributed by atoms with Gasteiger partial charge in [-0.1, -0.05) is 35.9 Å². The van der Waals surface area contributed by atoms with Crippen molar-refractivity contribution in [3.8, 4) is 17.9 Å². The molecule has 1 amide bonds. The highest BCUT2D eigenvalue weighted by Crippen LogP contribution is 2.37. The van der Waals surface area contributed by atoms with Crippen LogP contribution in [0.5, 0.6) is 5.75 Å². The number of thiophene rings is 1. The molecular weight excluding hydrogens is 557 g/mol. The van der Waals surface area contributed by atoms with Gasteiger partial charge in [-0.3, -0.25) is 4.79 Å².